The van der Waals surface area contributed by atoms with Gasteiger partial charge in [-0.2, -0.15) is 0 Å². The lowest BCUT2D eigenvalue weighted by molar-refractivity contribution is 0.108. The van der Waals surface area contributed by atoms with Crippen LogP contribution in [0.2, 0.25) is 0 Å². The molecule has 3 rings (SSSR count). The van der Waals surface area contributed by atoms with Crippen LogP contribution < -0.4 is 0 Å². The van der Waals surface area contributed by atoms with Crippen LogP contribution in [0.1, 0.15) is 64.1 Å². The summed E-state index contributed by atoms with van der Waals surface area (Å²) in [6.45, 7) is 6.96. The van der Waals surface area contributed by atoms with E-state index in [0.717, 1.165) is 0 Å². The van der Waals surface area contributed by atoms with E-state index in [0.29, 0.717) is 11.0 Å². The van der Waals surface area contributed by atoms with Crippen LogP contribution in [-0.2, 0) is 17.4 Å². The van der Waals surface area contributed by atoms with E-state index < -0.39 is 0 Å². The molecule has 1 fully saturated rings. The number of aryl methyl sites for hydroxylation is 1. The van der Waals surface area contributed by atoms with Gasteiger partial charge in [0.15, 0.2) is 0 Å². The fourth-order valence-corrected chi connectivity index (χ4v) is 3.35. The van der Waals surface area contributed by atoms with Crippen LogP contribution in [-0.4, -0.2) is 4.57 Å². The van der Waals surface area contributed by atoms with Gasteiger partial charge in [-0.1, -0.05) is 20.8 Å². The van der Waals surface area contributed by atoms with Gasteiger partial charge in [0.25, 0.3) is 0 Å². The zero-order valence-corrected chi connectivity index (χ0v) is 10.8. The molecule has 0 unspecified atom stereocenters. The third kappa shape index (κ3) is 1.37. The first kappa shape index (κ1) is 10.4. The van der Waals surface area contributed by atoms with E-state index in [4.69, 9.17) is 0 Å². The Labute approximate surface area is 98.9 Å². The Kier molecular flexibility index (Phi) is 2.05. The van der Waals surface area contributed by atoms with E-state index in [9.17, 15) is 0 Å². The maximum atomic E-state index is 2.64. The average molecular weight is 217 g/mol. The highest BCUT2D eigenvalue weighted by atomic mass is 15.1. The molecular formula is C15H23N. The number of hydrogen-bond acceptors (Lipinski definition) is 0. The van der Waals surface area contributed by atoms with Crippen LogP contribution in [0.5, 0.6) is 0 Å². The van der Waals surface area contributed by atoms with Crippen molar-refractivity contribution in [3.05, 3.63) is 23.5 Å². The molecule has 0 radical (unpaired) electrons. The minimum atomic E-state index is 0.301. The number of nitrogens with zero attached hydrogens (tertiary/aromatic N) is 1. The van der Waals surface area contributed by atoms with Crippen molar-refractivity contribution in [1.82, 2.24) is 4.57 Å². The molecule has 1 saturated carbocycles. The van der Waals surface area contributed by atoms with Crippen molar-refractivity contribution in [2.45, 2.75) is 70.3 Å². The number of rotatable bonds is 0. The lowest BCUT2D eigenvalue weighted by Gasteiger charge is -2.47. The molecule has 0 saturated heterocycles. The minimum absolute atomic E-state index is 0.301. The normalized spacial score (nSPS) is 22.9. The van der Waals surface area contributed by atoms with Gasteiger partial charge in [0.1, 0.15) is 0 Å². The summed E-state index contributed by atoms with van der Waals surface area (Å²) in [5.41, 5.74) is 3.96. The highest BCUT2D eigenvalue weighted by molar-refractivity contribution is 5.29. The topological polar surface area (TPSA) is 4.93 Å². The molecule has 0 aromatic carbocycles. The lowest BCUT2D eigenvalue weighted by atomic mass is 9.71. The SMILES string of the molecule is CC(C)(C)c1cc2n(c1)C1(CCC2)CCC1. The second-order valence-corrected chi connectivity index (χ2v) is 6.77. The predicted molar refractivity (Wildman–Crippen MR) is 67.9 cm³/mol. The summed E-state index contributed by atoms with van der Waals surface area (Å²) in [6.07, 6.45) is 10.8. The lowest BCUT2D eigenvalue weighted by Crippen LogP contribution is -2.43. The van der Waals surface area contributed by atoms with E-state index in [1.165, 1.54) is 44.1 Å². The second-order valence-electron chi connectivity index (χ2n) is 6.77. The fraction of sp³-hybridized carbons (Fsp3) is 0.733. The largest absolute Gasteiger partial charge is 0.345 e. The first-order valence-corrected chi connectivity index (χ1v) is 6.74. The van der Waals surface area contributed by atoms with Crippen molar-refractivity contribution < 1.29 is 0 Å². The van der Waals surface area contributed by atoms with E-state index >= 15 is 0 Å². The maximum Gasteiger partial charge on any atom is 0.0442 e. The monoisotopic (exact) mass is 217 g/mol. The van der Waals surface area contributed by atoms with Crippen molar-refractivity contribution in [2.24, 2.45) is 0 Å². The zero-order valence-electron chi connectivity index (χ0n) is 10.8. The van der Waals surface area contributed by atoms with E-state index in [2.05, 4.69) is 37.6 Å². The quantitative estimate of drug-likeness (QED) is 0.619. The van der Waals surface area contributed by atoms with Crippen LogP contribution in [0, 0.1) is 0 Å². The Morgan fingerprint density at radius 3 is 2.38 bits per heavy atom. The highest BCUT2D eigenvalue weighted by Crippen LogP contribution is 2.47. The summed E-state index contributed by atoms with van der Waals surface area (Å²) < 4.78 is 2.64. The Hall–Kier alpha value is -0.720. The maximum absolute atomic E-state index is 2.64. The molecule has 2 heterocycles. The zero-order chi connectivity index (χ0) is 11.4. The molecule has 0 N–H and O–H groups in total. The standard InChI is InChI=1S/C15H23N/c1-14(2,3)12-10-13-6-4-7-15(8-5-9-15)16(13)11-12/h10-11H,4-9H2,1-3H3. The summed E-state index contributed by atoms with van der Waals surface area (Å²) in [5, 5.41) is 0. The molecule has 1 aromatic rings. The molecule has 1 aliphatic heterocycles. The summed E-state index contributed by atoms with van der Waals surface area (Å²) in [5.74, 6) is 0. The van der Waals surface area contributed by atoms with Crippen molar-refractivity contribution in [3.8, 4) is 0 Å². The molecule has 1 aromatic heterocycles. The summed E-state index contributed by atoms with van der Waals surface area (Å²) in [6, 6.07) is 2.46. The Morgan fingerprint density at radius 1 is 1.12 bits per heavy atom. The molecule has 1 nitrogen and oxygen atoms in total. The molecule has 0 amide bonds. The number of aromatic nitrogens is 1. The van der Waals surface area contributed by atoms with Crippen molar-refractivity contribution >= 4 is 0 Å². The third-order valence-electron chi connectivity index (χ3n) is 4.64. The van der Waals surface area contributed by atoms with Gasteiger partial charge < -0.3 is 4.57 Å². The summed E-state index contributed by atoms with van der Waals surface area (Å²) in [4.78, 5) is 0. The van der Waals surface area contributed by atoms with Gasteiger partial charge in [0, 0.05) is 17.4 Å². The van der Waals surface area contributed by atoms with E-state index in [1.54, 1.807) is 5.69 Å². The molecule has 2 aliphatic rings. The van der Waals surface area contributed by atoms with Gasteiger partial charge in [0.2, 0.25) is 0 Å². The van der Waals surface area contributed by atoms with Gasteiger partial charge in [0.05, 0.1) is 0 Å². The fourth-order valence-electron chi connectivity index (χ4n) is 3.35. The van der Waals surface area contributed by atoms with Crippen molar-refractivity contribution in [1.29, 1.82) is 0 Å². The number of fused-ring (bicyclic) bond motifs is 2. The predicted octanol–water partition coefficient (Wildman–Crippen LogP) is 4.00. The van der Waals surface area contributed by atoms with Gasteiger partial charge in [-0.15, -0.1) is 0 Å². The first-order valence-electron chi connectivity index (χ1n) is 6.74. The molecule has 88 valence electrons. The Bertz CT molecular complexity index is 402. The van der Waals surface area contributed by atoms with Crippen molar-refractivity contribution in [3.63, 3.8) is 0 Å². The highest BCUT2D eigenvalue weighted by Gasteiger charge is 2.41. The van der Waals surface area contributed by atoms with Gasteiger partial charge >= 0.3 is 0 Å². The molecule has 0 atom stereocenters. The smallest absolute Gasteiger partial charge is 0.0442 e. The molecule has 0 bridgehead atoms. The molecular weight excluding hydrogens is 194 g/mol. The minimum Gasteiger partial charge on any atom is -0.345 e. The molecule has 1 heteroatoms. The van der Waals surface area contributed by atoms with Crippen LogP contribution in [0.4, 0.5) is 0 Å². The van der Waals surface area contributed by atoms with E-state index in [1.807, 2.05) is 0 Å². The van der Waals surface area contributed by atoms with Gasteiger partial charge in [-0.3, -0.25) is 0 Å². The van der Waals surface area contributed by atoms with Crippen molar-refractivity contribution in [2.75, 3.05) is 0 Å². The second kappa shape index (κ2) is 3.15. The van der Waals surface area contributed by atoms with E-state index in [-0.39, 0.29) is 0 Å². The first-order chi connectivity index (χ1) is 7.51. The van der Waals surface area contributed by atoms with Crippen LogP contribution in [0.25, 0.3) is 0 Å². The van der Waals surface area contributed by atoms with Gasteiger partial charge in [-0.05, 0) is 55.6 Å². The molecule has 1 aliphatic carbocycles. The average Bonchev–Trinajstić information content (AvgIpc) is 2.57. The van der Waals surface area contributed by atoms with Gasteiger partial charge in [-0.25, -0.2) is 0 Å². The number of hydrogen-bond donors (Lipinski definition) is 0. The van der Waals surface area contributed by atoms with Crippen LogP contribution in [0.15, 0.2) is 12.3 Å². The Balaban J connectivity index is 2.05. The third-order valence-corrected chi connectivity index (χ3v) is 4.64. The summed E-state index contributed by atoms with van der Waals surface area (Å²) in [7, 11) is 0. The molecule has 1 spiro atoms. The Morgan fingerprint density at radius 2 is 1.81 bits per heavy atom. The molecule has 16 heavy (non-hydrogen) atoms. The summed E-state index contributed by atoms with van der Waals surface area (Å²) >= 11 is 0. The van der Waals surface area contributed by atoms with Crippen LogP contribution >= 0.6 is 0 Å². The van der Waals surface area contributed by atoms with Crippen LogP contribution in [0.3, 0.4) is 0 Å².